The van der Waals surface area contributed by atoms with Gasteiger partial charge in [0.15, 0.2) is 0 Å². The smallest absolute Gasteiger partial charge is 0.306 e. The van der Waals surface area contributed by atoms with Gasteiger partial charge in [0.2, 0.25) is 5.91 Å². The minimum absolute atomic E-state index is 0.179. The number of rotatable bonds is 2. The van der Waals surface area contributed by atoms with Crippen LogP contribution in [0.5, 0.6) is 0 Å². The van der Waals surface area contributed by atoms with E-state index in [-0.39, 0.29) is 18.2 Å². The maximum absolute atomic E-state index is 10.7. The average molecular weight is 187 g/mol. The number of hydrogen-bond acceptors (Lipinski definition) is 5. The summed E-state index contributed by atoms with van der Waals surface area (Å²) in [6.07, 6.45) is 0. The van der Waals surface area contributed by atoms with E-state index in [1.807, 2.05) is 5.43 Å². The second-order valence-corrected chi connectivity index (χ2v) is 2.58. The second kappa shape index (κ2) is 3.11. The monoisotopic (exact) mass is 187 g/mol. The highest BCUT2D eigenvalue weighted by molar-refractivity contribution is 6.14. The van der Waals surface area contributed by atoms with Gasteiger partial charge < -0.3 is 15.5 Å². The zero-order valence-electron chi connectivity index (χ0n) is 6.87. The lowest BCUT2D eigenvalue weighted by molar-refractivity contribution is -0.158. The number of nitrogens with one attached hydrogen (secondary N) is 2. The first-order chi connectivity index (χ1) is 5.94. The van der Waals surface area contributed by atoms with Gasteiger partial charge in [0.05, 0.1) is 6.54 Å². The molecule has 4 N–H and O–H groups in total. The van der Waals surface area contributed by atoms with Crippen LogP contribution in [0, 0.1) is 0 Å². The molecule has 7 nitrogen and oxygen atoms in total. The van der Waals surface area contributed by atoms with Gasteiger partial charge in [-0.3, -0.25) is 9.59 Å². The molecule has 0 bridgehead atoms. The summed E-state index contributed by atoms with van der Waals surface area (Å²) < 4.78 is 0. The molecule has 2 amide bonds. The molecule has 1 rings (SSSR count). The summed E-state index contributed by atoms with van der Waals surface area (Å²) in [6.45, 7) is 1.09. The van der Waals surface area contributed by atoms with Crippen LogP contribution in [-0.4, -0.2) is 40.1 Å². The molecule has 1 aliphatic heterocycles. The Hall–Kier alpha value is -1.47. The maximum Gasteiger partial charge on any atom is 0.306 e. The largest absolute Gasteiger partial charge is 0.353 e. The van der Waals surface area contributed by atoms with Gasteiger partial charge in [-0.2, -0.15) is 5.10 Å². The van der Waals surface area contributed by atoms with E-state index in [0.717, 1.165) is 0 Å². The molecule has 13 heavy (non-hydrogen) atoms. The highest BCUT2D eigenvalue weighted by Gasteiger charge is 2.43. The molecule has 0 atom stereocenters. The van der Waals surface area contributed by atoms with E-state index >= 15 is 0 Å². The Morgan fingerprint density at radius 1 is 1.69 bits per heavy atom. The van der Waals surface area contributed by atoms with Gasteiger partial charge in [-0.15, -0.1) is 0 Å². The molecular weight excluding hydrogens is 178 g/mol. The molecule has 0 aromatic heterocycles. The Morgan fingerprint density at radius 3 is 2.69 bits per heavy atom. The lowest BCUT2D eigenvalue weighted by atomic mass is 10.1. The van der Waals surface area contributed by atoms with Gasteiger partial charge in [0, 0.05) is 6.92 Å². The fourth-order valence-electron chi connectivity index (χ4n) is 0.776. The van der Waals surface area contributed by atoms with Crippen LogP contribution < -0.4 is 10.7 Å². The highest BCUT2D eigenvalue weighted by atomic mass is 16.5. The summed E-state index contributed by atoms with van der Waals surface area (Å²) in [7, 11) is 0. The summed E-state index contributed by atoms with van der Waals surface area (Å²) in [5.74, 6) is -3.98. The topological polar surface area (TPSA) is 111 Å². The van der Waals surface area contributed by atoms with Crippen LogP contribution in [0.25, 0.3) is 0 Å². The maximum atomic E-state index is 10.7. The van der Waals surface area contributed by atoms with Crippen LogP contribution in [0.15, 0.2) is 5.10 Å². The predicted molar refractivity (Wildman–Crippen MR) is 41.4 cm³/mol. The third-order valence-corrected chi connectivity index (χ3v) is 1.52. The minimum Gasteiger partial charge on any atom is -0.353 e. The van der Waals surface area contributed by atoms with Crippen molar-refractivity contribution in [1.29, 1.82) is 0 Å². The van der Waals surface area contributed by atoms with Gasteiger partial charge in [0.25, 0.3) is 5.79 Å². The summed E-state index contributed by atoms with van der Waals surface area (Å²) in [5, 5.41) is 23.8. The van der Waals surface area contributed by atoms with E-state index in [4.69, 9.17) is 10.2 Å². The lowest BCUT2D eigenvalue weighted by Gasteiger charge is -2.13. The standard InChI is InChI=1S/C6H9N3O4/c1-3(10)7-2-4-6(12,13)5(11)9-8-4/h12-13H,2H2,1H3,(H,7,10)(H,9,11). The molecule has 1 aliphatic rings. The van der Waals surface area contributed by atoms with Crippen LogP contribution in [0.3, 0.4) is 0 Å². The van der Waals surface area contributed by atoms with Crippen molar-refractivity contribution in [3.63, 3.8) is 0 Å². The molecule has 0 aromatic rings. The average Bonchev–Trinajstić information content (AvgIpc) is 2.25. The quantitative estimate of drug-likeness (QED) is 0.352. The van der Waals surface area contributed by atoms with Crippen molar-refractivity contribution in [3.8, 4) is 0 Å². The molecule has 72 valence electrons. The summed E-state index contributed by atoms with van der Waals surface area (Å²) in [4.78, 5) is 21.2. The Morgan fingerprint density at radius 2 is 2.31 bits per heavy atom. The number of aliphatic hydroxyl groups is 2. The molecule has 0 radical (unpaired) electrons. The number of carbonyl (C=O) groups excluding carboxylic acids is 2. The molecule has 0 unspecified atom stereocenters. The summed E-state index contributed by atoms with van der Waals surface area (Å²) in [6, 6.07) is 0. The SMILES string of the molecule is CC(=O)NCC1=NNC(=O)C1(O)O. The zero-order chi connectivity index (χ0) is 10.1. The number of carbonyl (C=O) groups is 2. The molecule has 0 saturated heterocycles. The van der Waals surface area contributed by atoms with Crippen LogP contribution in [0.1, 0.15) is 6.92 Å². The van der Waals surface area contributed by atoms with Gasteiger partial charge in [-0.1, -0.05) is 0 Å². The number of hydrazone groups is 1. The third-order valence-electron chi connectivity index (χ3n) is 1.52. The molecule has 1 heterocycles. The van der Waals surface area contributed by atoms with Crippen molar-refractivity contribution in [1.82, 2.24) is 10.7 Å². The molecule has 0 aliphatic carbocycles. The normalized spacial score (nSPS) is 19.3. The van der Waals surface area contributed by atoms with E-state index in [9.17, 15) is 9.59 Å². The van der Waals surface area contributed by atoms with Gasteiger partial charge in [-0.25, -0.2) is 5.43 Å². The number of amides is 2. The molecular formula is C6H9N3O4. The van der Waals surface area contributed by atoms with Crippen molar-refractivity contribution in [2.24, 2.45) is 5.10 Å². The van der Waals surface area contributed by atoms with Crippen LogP contribution in [0.2, 0.25) is 0 Å². The molecule has 0 aromatic carbocycles. The number of hydrogen-bond donors (Lipinski definition) is 4. The third kappa shape index (κ3) is 1.82. The fourth-order valence-corrected chi connectivity index (χ4v) is 0.776. The van der Waals surface area contributed by atoms with Crippen molar-refractivity contribution in [2.45, 2.75) is 12.7 Å². The van der Waals surface area contributed by atoms with Crippen LogP contribution in [-0.2, 0) is 9.59 Å². The molecule has 0 spiro atoms. The Bertz CT molecular complexity index is 284. The van der Waals surface area contributed by atoms with Gasteiger partial charge >= 0.3 is 5.91 Å². The summed E-state index contributed by atoms with van der Waals surface area (Å²) in [5.41, 5.74) is 1.65. The van der Waals surface area contributed by atoms with Crippen molar-refractivity contribution in [2.75, 3.05) is 6.54 Å². The second-order valence-electron chi connectivity index (χ2n) is 2.58. The van der Waals surface area contributed by atoms with E-state index in [2.05, 4.69) is 10.4 Å². The zero-order valence-corrected chi connectivity index (χ0v) is 6.87. The van der Waals surface area contributed by atoms with E-state index < -0.39 is 11.7 Å². The Kier molecular flexibility index (Phi) is 2.30. The van der Waals surface area contributed by atoms with Crippen LogP contribution in [0.4, 0.5) is 0 Å². The van der Waals surface area contributed by atoms with Crippen LogP contribution >= 0.6 is 0 Å². The fraction of sp³-hybridized carbons (Fsp3) is 0.500. The van der Waals surface area contributed by atoms with Crippen molar-refractivity contribution >= 4 is 17.5 Å². The Labute approximate surface area is 73.4 Å². The first kappa shape index (κ1) is 9.62. The first-order valence-corrected chi connectivity index (χ1v) is 3.51. The van der Waals surface area contributed by atoms with E-state index in [1.54, 1.807) is 0 Å². The molecule has 0 saturated carbocycles. The minimum atomic E-state index is -2.61. The van der Waals surface area contributed by atoms with Gasteiger partial charge in [-0.05, 0) is 0 Å². The van der Waals surface area contributed by atoms with Gasteiger partial charge in [0.1, 0.15) is 5.71 Å². The molecule has 0 fully saturated rings. The van der Waals surface area contributed by atoms with E-state index in [0.29, 0.717) is 0 Å². The predicted octanol–water partition coefficient (Wildman–Crippen LogP) is -2.71. The number of nitrogens with zero attached hydrogens (tertiary/aromatic N) is 1. The first-order valence-electron chi connectivity index (χ1n) is 3.51. The highest BCUT2D eigenvalue weighted by Crippen LogP contribution is 2.08. The lowest BCUT2D eigenvalue weighted by Crippen LogP contribution is -2.48. The van der Waals surface area contributed by atoms with Crippen molar-refractivity contribution < 1.29 is 19.8 Å². The van der Waals surface area contributed by atoms with Crippen molar-refractivity contribution in [3.05, 3.63) is 0 Å². The Balaban J connectivity index is 2.62. The molecule has 7 heteroatoms. The van der Waals surface area contributed by atoms with E-state index in [1.165, 1.54) is 6.92 Å². The summed E-state index contributed by atoms with van der Waals surface area (Å²) >= 11 is 0.